The minimum absolute atomic E-state index is 0.0712. The first-order chi connectivity index (χ1) is 13.4. The molecule has 0 saturated carbocycles. The monoisotopic (exact) mass is 376 g/mol. The largest absolute Gasteiger partial charge is 0.507 e. The van der Waals surface area contributed by atoms with Crippen molar-refractivity contribution in [3.05, 3.63) is 88.0 Å². The fourth-order valence-electron chi connectivity index (χ4n) is 2.80. The third kappa shape index (κ3) is 4.54. The van der Waals surface area contributed by atoms with E-state index in [0.717, 1.165) is 16.7 Å². The van der Waals surface area contributed by atoms with Crippen LogP contribution in [0, 0.1) is 6.92 Å². The van der Waals surface area contributed by atoms with Gasteiger partial charge in [0.1, 0.15) is 17.1 Å². The maximum atomic E-state index is 12.1. The molecule has 1 heterocycles. The number of nitrogens with zero attached hydrogens (tertiary/aromatic N) is 1. The molecule has 6 heteroatoms. The van der Waals surface area contributed by atoms with Gasteiger partial charge in [-0.05, 0) is 30.5 Å². The Kier molecular flexibility index (Phi) is 5.69. The quantitative estimate of drug-likeness (QED) is 0.527. The summed E-state index contributed by atoms with van der Waals surface area (Å²) in [4.78, 5) is 24.0. The van der Waals surface area contributed by atoms with E-state index in [-0.39, 0.29) is 29.4 Å². The standard InChI is InChI=1S/C22H20N2O4/c1-14-12-19(25)21(22(27)28-14)15(2)23-24-20(26)13-16-8-10-18(11-9-16)17-6-4-3-5-7-17/h3-12,25H,13H2,1-2H3,(H,24,26)/b23-15-. The lowest BCUT2D eigenvalue weighted by molar-refractivity contribution is -0.120. The highest BCUT2D eigenvalue weighted by Crippen LogP contribution is 2.19. The van der Waals surface area contributed by atoms with Crippen molar-refractivity contribution in [1.29, 1.82) is 0 Å². The molecule has 0 fully saturated rings. The van der Waals surface area contributed by atoms with Crippen molar-refractivity contribution in [1.82, 2.24) is 5.43 Å². The van der Waals surface area contributed by atoms with Crippen LogP contribution >= 0.6 is 0 Å². The lowest BCUT2D eigenvalue weighted by atomic mass is 10.0. The number of carbonyl (C=O) groups excluding carboxylic acids is 1. The number of amides is 1. The van der Waals surface area contributed by atoms with Crippen LogP contribution in [0.5, 0.6) is 5.75 Å². The van der Waals surface area contributed by atoms with Gasteiger partial charge in [-0.2, -0.15) is 5.10 Å². The summed E-state index contributed by atoms with van der Waals surface area (Å²) in [5.41, 5.74) is 4.80. The number of hydrazone groups is 1. The van der Waals surface area contributed by atoms with Gasteiger partial charge in [0.25, 0.3) is 0 Å². The first-order valence-corrected chi connectivity index (χ1v) is 8.75. The second kappa shape index (κ2) is 8.35. The van der Waals surface area contributed by atoms with Gasteiger partial charge in [0.2, 0.25) is 5.91 Å². The van der Waals surface area contributed by atoms with Crippen LogP contribution in [0.25, 0.3) is 11.1 Å². The Bertz CT molecular complexity index is 1070. The van der Waals surface area contributed by atoms with E-state index in [9.17, 15) is 14.7 Å². The van der Waals surface area contributed by atoms with Crippen molar-refractivity contribution < 1.29 is 14.3 Å². The van der Waals surface area contributed by atoms with E-state index in [2.05, 4.69) is 10.5 Å². The highest BCUT2D eigenvalue weighted by molar-refractivity contribution is 6.01. The second-order valence-corrected chi connectivity index (χ2v) is 6.38. The molecule has 1 amide bonds. The van der Waals surface area contributed by atoms with Gasteiger partial charge in [-0.25, -0.2) is 10.2 Å². The lowest BCUT2D eigenvalue weighted by Gasteiger charge is -2.06. The topological polar surface area (TPSA) is 91.9 Å². The number of hydrogen-bond donors (Lipinski definition) is 2. The Balaban J connectivity index is 1.66. The predicted octanol–water partition coefficient (Wildman–Crippen LogP) is 3.40. The molecule has 1 aromatic heterocycles. The number of nitrogens with one attached hydrogen (secondary N) is 1. The summed E-state index contributed by atoms with van der Waals surface area (Å²) in [6.45, 7) is 3.07. The zero-order valence-electron chi connectivity index (χ0n) is 15.6. The predicted molar refractivity (Wildman–Crippen MR) is 107 cm³/mol. The Labute approximate surface area is 162 Å². The highest BCUT2D eigenvalue weighted by Gasteiger charge is 2.13. The van der Waals surface area contributed by atoms with E-state index in [1.54, 1.807) is 6.92 Å². The van der Waals surface area contributed by atoms with Crippen molar-refractivity contribution in [3.63, 3.8) is 0 Å². The van der Waals surface area contributed by atoms with Crippen molar-refractivity contribution in [2.45, 2.75) is 20.3 Å². The Morgan fingerprint density at radius 2 is 1.71 bits per heavy atom. The summed E-state index contributed by atoms with van der Waals surface area (Å²) >= 11 is 0. The molecule has 0 aliphatic carbocycles. The number of carbonyl (C=O) groups is 1. The number of hydrogen-bond acceptors (Lipinski definition) is 5. The highest BCUT2D eigenvalue weighted by atomic mass is 16.4. The molecule has 6 nitrogen and oxygen atoms in total. The summed E-state index contributed by atoms with van der Waals surface area (Å²) < 4.78 is 4.95. The van der Waals surface area contributed by atoms with Crippen molar-refractivity contribution >= 4 is 11.6 Å². The molecule has 0 atom stereocenters. The summed E-state index contributed by atoms with van der Waals surface area (Å²) in [6.07, 6.45) is 0.139. The molecule has 2 N–H and O–H groups in total. The first kappa shape index (κ1) is 19.1. The molecule has 28 heavy (non-hydrogen) atoms. The first-order valence-electron chi connectivity index (χ1n) is 8.75. The Hall–Kier alpha value is -3.67. The van der Waals surface area contributed by atoms with Crippen molar-refractivity contribution in [2.24, 2.45) is 5.10 Å². The summed E-state index contributed by atoms with van der Waals surface area (Å²) in [6, 6.07) is 19.0. The van der Waals surface area contributed by atoms with Gasteiger partial charge in [-0.15, -0.1) is 0 Å². The minimum atomic E-state index is -0.704. The van der Waals surface area contributed by atoms with Gasteiger partial charge in [0.05, 0.1) is 12.1 Å². The van der Waals surface area contributed by atoms with Crippen LogP contribution in [0.3, 0.4) is 0 Å². The number of rotatable bonds is 5. The summed E-state index contributed by atoms with van der Waals surface area (Å²) in [5, 5.41) is 13.8. The Morgan fingerprint density at radius 1 is 1.07 bits per heavy atom. The van der Waals surface area contributed by atoms with Crippen LogP contribution in [0.15, 0.2) is 75.0 Å². The van der Waals surface area contributed by atoms with Crippen LogP contribution in [0.2, 0.25) is 0 Å². The fourth-order valence-corrected chi connectivity index (χ4v) is 2.80. The molecule has 142 valence electrons. The van der Waals surface area contributed by atoms with E-state index in [1.807, 2.05) is 54.6 Å². The molecule has 2 aromatic carbocycles. The van der Waals surface area contributed by atoms with Gasteiger partial charge in [-0.1, -0.05) is 54.6 Å². The van der Waals surface area contributed by atoms with Crippen LogP contribution in [0.1, 0.15) is 23.8 Å². The Morgan fingerprint density at radius 3 is 2.36 bits per heavy atom. The SMILES string of the molecule is C/C(=N/NC(=O)Cc1ccc(-c2ccccc2)cc1)c1c(O)cc(C)oc1=O. The van der Waals surface area contributed by atoms with Gasteiger partial charge < -0.3 is 9.52 Å². The molecular formula is C22H20N2O4. The number of aryl methyl sites for hydroxylation is 1. The van der Waals surface area contributed by atoms with E-state index in [1.165, 1.54) is 13.0 Å². The normalized spacial score (nSPS) is 11.3. The van der Waals surface area contributed by atoms with E-state index in [4.69, 9.17) is 4.42 Å². The van der Waals surface area contributed by atoms with Crippen molar-refractivity contribution in [2.75, 3.05) is 0 Å². The molecule has 0 bridgehead atoms. The maximum absolute atomic E-state index is 12.1. The minimum Gasteiger partial charge on any atom is -0.507 e. The molecule has 0 aliphatic rings. The summed E-state index contributed by atoms with van der Waals surface area (Å²) in [7, 11) is 0. The fraction of sp³-hybridized carbons (Fsp3) is 0.136. The summed E-state index contributed by atoms with van der Waals surface area (Å²) in [5.74, 6) is -0.273. The zero-order chi connectivity index (χ0) is 20.1. The van der Waals surface area contributed by atoms with E-state index < -0.39 is 5.63 Å². The van der Waals surface area contributed by atoms with Crippen molar-refractivity contribution in [3.8, 4) is 16.9 Å². The molecule has 0 aliphatic heterocycles. The van der Waals surface area contributed by atoms with E-state index >= 15 is 0 Å². The van der Waals surface area contributed by atoms with Crippen LogP contribution < -0.4 is 11.1 Å². The lowest BCUT2D eigenvalue weighted by Crippen LogP contribution is -2.23. The number of benzene rings is 2. The second-order valence-electron chi connectivity index (χ2n) is 6.38. The number of aromatic hydroxyl groups is 1. The average molecular weight is 376 g/mol. The third-order valence-corrected chi connectivity index (χ3v) is 4.19. The van der Waals surface area contributed by atoms with Crippen LogP contribution in [-0.4, -0.2) is 16.7 Å². The maximum Gasteiger partial charge on any atom is 0.348 e. The third-order valence-electron chi connectivity index (χ3n) is 4.19. The van der Waals surface area contributed by atoms with E-state index in [0.29, 0.717) is 5.76 Å². The van der Waals surface area contributed by atoms with Gasteiger partial charge in [0, 0.05) is 6.07 Å². The molecule has 0 spiro atoms. The molecule has 3 aromatic rings. The van der Waals surface area contributed by atoms with Gasteiger partial charge in [0.15, 0.2) is 0 Å². The molecule has 3 rings (SSSR count). The molecule has 0 radical (unpaired) electrons. The molecule has 0 unspecified atom stereocenters. The van der Waals surface area contributed by atoms with Crippen LogP contribution in [-0.2, 0) is 11.2 Å². The molecule has 0 saturated heterocycles. The average Bonchev–Trinajstić information content (AvgIpc) is 2.67. The van der Waals surface area contributed by atoms with Gasteiger partial charge in [-0.3, -0.25) is 4.79 Å². The molecular weight excluding hydrogens is 356 g/mol. The zero-order valence-corrected chi connectivity index (χ0v) is 15.6. The van der Waals surface area contributed by atoms with Crippen LogP contribution in [0.4, 0.5) is 0 Å². The van der Waals surface area contributed by atoms with Gasteiger partial charge >= 0.3 is 5.63 Å². The smallest absolute Gasteiger partial charge is 0.348 e.